The second-order valence-electron chi connectivity index (χ2n) is 7.87. The van der Waals surface area contributed by atoms with E-state index in [2.05, 4.69) is 20.1 Å². The Kier molecular flexibility index (Phi) is 6.23. The quantitative estimate of drug-likeness (QED) is 0.496. The van der Waals surface area contributed by atoms with Gasteiger partial charge in [-0.3, -0.25) is 0 Å². The molecule has 10 heteroatoms. The van der Waals surface area contributed by atoms with Crippen molar-refractivity contribution in [1.82, 2.24) is 20.1 Å². The number of fused-ring (bicyclic) bond motifs is 1. The van der Waals surface area contributed by atoms with Crippen LogP contribution < -0.4 is 34.3 Å². The molecule has 0 amide bonds. The maximum atomic E-state index is 13.5. The Morgan fingerprint density at radius 2 is 1.77 bits per heavy atom. The van der Waals surface area contributed by atoms with E-state index in [4.69, 9.17) is 9.26 Å². The Morgan fingerprint density at radius 1 is 1.06 bits per heavy atom. The van der Waals surface area contributed by atoms with Crippen molar-refractivity contribution in [1.29, 1.82) is 0 Å². The molecule has 4 aromatic rings. The van der Waals surface area contributed by atoms with Gasteiger partial charge in [-0.05, 0) is 12.1 Å². The summed E-state index contributed by atoms with van der Waals surface area (Å²) in [6.45, 7) is 6.01. The van der Waals surface area contributed by atoms with Crippen molar-refractivity contribution in [2.75, 3.05) is 7.11 Å². The Morgan fingerprint density at radius 3 is 2.39 bits per heavy atom. The number of nitrogens with zero attached hydrogens (tertiary/aromatic N) is 3. The number of imidazole rings is 1. The van der Waals surface area contributed by atoms with Gasteiger partial charge in [-0.25, -0.2) is 9.97 Å². The molecule has 1 aromatic carbocycles. The van der Waals surface area contributed by atoms with E-state index >= 15 is 0 Å². The number of H-pyrrole nitrogens is 1. The fourth-order valence-electron chi connectivity index (χ4n) is 3.08. The number of hydrogen-bond acceptors (Lipinski definition) is 5. The summed E-state index contributed by atoms with van der Waals surface area (Å²) in [6.07, 6.45) is -4.51. The molecule has 0 aliphatic rings. The molecule has 31 heavy (non-hydrogen) atoms. The Bertz CT molecular complexity index is 1230. The zero-order chi connectivity index (χ0) is 21.7. The third kappa shape index (κ3) is 4.49. The molecule has 0 bridgehead atoms. The molecule has 4 rings (SSSR count). The van der Waals surface area contributed by atoms with Crippen LogP contribution in [0.3, 0.4) is 0 Å². The monoisotopic (exact) mass is 440 g/mol. The second kappa shape index (κ2) is 8.29. The summed E-state index contributed by atoms with van der Waals surface area (Å²) in [5.74, 6) is 0.905. The summed E-state index contributed by atoms with van der Waals surface area (Å²) in [5.41, 5.74) is 0.701. The molecule has 158 valence electrons. The Labute approximate surface area is 200 Å². The predicted molar refractivity (Wildman–Crippen MR) is 106 cm³/mol. The van der Waals surface area contributed by atoms with Crippen LogP contribution in [-0.2, 0) is 11.6 Å². The minimum Gasteiger partial charge on any atom is -1.00 e. The van der Waals surface area contributed by atoms with Gasteiger partial charge in [0.1, 0.15) is 0 Å². The summed E-state index contributed by atoms with van der Waals surface area (Å²) in [4.78, 5) is 11.8. The van der Waals surface area contributed by atoms with Crippen LogP contribution in [0.15, 0.2) is 40.9 Å². The van der Waals surface area contributed by atoms with E-state index in [0.29, 0.717) is 22.6 Å². The molecular formula is C21H20F3N4NaO2. The number of hydrogen-bond donors (Lipinski definition) is 1. The smallest absolute Gasteiger partial charge is 1.00 e. The number of aromatic nitrogens is 4. The molecule has 3 heterocycles. The van der Waals surface area contributed by atoms with E-state index in [9.17, 15) is 13.2 Å². The van der Waals surface area contributed by atoms with E-state index in [1.54, 1.807) is 6.07 Å². The fourth-order valence-corrected chi connectivity index (χ4v) is 3.08. The largest absolute Gasteiger partial charge is 1.00 e. The standard InChI is InChI=1S/C21H19F3N4O2.Na.H/c1-20(2,3)16-10-15(30-28-16)18-25-14-9-13(26-19(29-4)17(14)27-18)11-7-5-6-8-12(11)21(22,23)24;;/h5-10H,1-4H3,(H,25,27);;/q;+1;-1. The van der Waals surface area contributed by atoms with Gasteiger partial charge in [-0.2, -0.15) is 13.2 Å². The molecule has 0 saturated heterocycles. The van der Waals surface area contributed by atoms with Crippen LogP contribution in [-0.4, -0.2) is 27.2 Å². The summed E-state index contributed by atoms with van der Waals surface area (Å²) < 4.78 is 51.1. The summed E-state index contributed by atoms with van der Waals surface area (Å²) in [7, 11) is 1.39. The maximum Gasteiger partial charge on any atom is 1.00 e. The van der Waals surface area contributed by atoms with E-state index in [0.717, 1.165) is 11.8 Å². The average molecular weight is 440 g/mol. The Hall–Kier alpha value is -2.36. The molecule has 0 atom stereocenters. The number of ether oxygens (including phenoxy) is 1. The van der Waals surface area contributed by atoms with Crippen molar-refractivity contribution in [3.63, 3.8) is 0 Å². The number of aromatic amines is 1. The van der Waals surface area contributed by atoms with Crippen LogP contribution in [0, 0.1) is 0 Å². The molecule has 0 fully saturated rings. The molecule has 0 aliphatic heterocycles. The van der Waals surface area contributed by atoms with Gasteiger partial charge in [0.05, 0.1) is 29.6 Å². The first-order chi connectivity index (χ1) is 14.1. The third-order valence-corrected chi connectivity index (χ3v) is 4.65. The molecule has 0 saturated carbocycles. The van der Waals surface area contributed by atoms with Crippen LogP contribution in [0.25, 0.3) is 33.9 Å². The van der Waals surface area contributed by atoms with Crippen LogP contribution in [0.5, 0.6) is 5.88 Å². The van der Waals surface area contributed by atoms with Crippen LogP contribution in [0.1, 0.15) is 33.5 Å². The van der Waals surface area contributed by atoms with Crippen molar-refractivity contribution in [3.05, 3.63) is 47.7 Å². The zero-order valence-electron chi connectivity index (χ0n) is 18.8. The number of alkyl halides is 3. The number of rotatable bonds is 3. The van der Waals surface area contributed by atoms with Gasteiger partial charge in [0.15, 0.2) is 11.3 Å². The van der Waals surface area contributed by atoms with E-state index < -0.39 is 11.7 Å². The molecular weight excluding hydrogens is 420 g/mol. The molecule has 6 nitrogen and oxygen atoms in total. The summed E-state index contributed by atoms with van der Waals surface area (Å²) in [6, 6.07) is 8.56. The van der Waals surface area contributed by atoms with Crippen molar-refractivity contribution in [2.45, 2.75) is 32.4 Å². The van der Waals surface area contributed by atoms with Gasteiger partial charge < -0.3 is 15.7 Å². The number of methoxy groups -OCH3 is 1. The minimum atomic E-state index is -4.51. The van der Waals surface area contributed by atoms with Gasteiger partial charge in [-0.1, -0.05) is 44.1 Å². The third-order valence-electron chi connectivity index (χ3n) is 4.65. The van der Waals surface area contributed by atoms with Crippen LogP contribution in [0.2, 0.25) is 0 Å². The van der Waals surface area contributed by atoms with Gasteiger partial charge in [0.2, 0.25) is 11.6 Å². The van der Waals surface area contributed by atoms with E-state index in [1.165, 1.54) is 31.4 Å². The normalized spacial score (nSPS) is 12.1. The Balaban J connectivity index is 0.00000181. The molecule has 0 spiro atoms. The summed E-state index contributed by atoms with van der Waals surface area (Å²) in [5, 5.41) is 4.07. The van der Waals surface area contributed by atoms with E-state index in [1.807, 2.05) is 20.8 Å². The van der Waals surface area contributed by atoms with Crippen molar-refractivity contribution in [2.24, 2.45) is 0 Å². The number of benzene rings is 1. The summed E-state index contributed by atoms with van der Waals surface area (Å²) >= 11 is 0. The van der Waals surface area contributed by atoms with Gasteiger partial charge in [-0.15, -0.1) is 0 Å². The number of halogens is 3. The molecule has 0 aliphatic carbocycles. The van der Waals surface area contributed by atoms with Crippen LogP contribution in [0.4, 0.5) is 13.2 Å². The number of nitrogens with one attached hydrogen (secondary N) is 1. The van der Waals surface area contributed by atoms with Crippen molar-refractivity contribution >= 4 is 11.0 Å². The molecule has 3 aromatic heterocycles. The number of pyridine rings is 1. The van der Waals surface area contributed by atoms with Crippen molar-refractivity contribution < 1.29 is 53.4 Å². The molecule has 0 radical (unpaired) electrons. The average Bonchev–Trinajstić information content (AvgIpc) is 3.33. The minimum absolute atomic E-state index is 0. The second-order valence-corrected chi connectivity index (χ2v) is 7.87. The zero-order valence-corrected chi connectivity index (χ0v) is 19.8. The molecule has 0 unspecified atom stereocenters. The van der Waals surface area contributed by atoms with Crippen molar-refractivity contribution in [3.8, 4) is 28.7 Å². The van der Waals surface area contributed by atoms with E-state index in [-0.39, 0.29) is 53.5 Å². The topological polar surface area (TPSA) is 76.8 Å². The van der Waals surface area contributed by atoms with Gasteiger partial charge in [0.25, 0.3) is 0 Å². The maximum absolute atomic E-state index is 13.5. The van der Waals surface area contributed by atoms with Crippen LogP contribution >= 0.6 is 0 Å². The fraction of sp³-hybridized carbons (Fsp3) is 0.286. The first kappa shape index (κ1) is 23.3. The molecule has 1 N–H and O–H groups in total. The predicted octanol–water partition coefficient (Wildman–Crippen LogP) is 2.72. The first-order valence-corrected chi connectivity index (χ1v) is 9.17. The van der Waals surface area contributed by atoms with Gasteiger partial charge >= 0.3 is 35.7 Å². The van der Waals surface area contributed by atoms with Gasteiger partial charge in [0, 0.05) is 17.0 Å². The first-order valence-electron chi connectivity index (χ1n) is 9.17. The SMILES string of the molecule is COc1nc(-c2ccccc2C(F)(F)F)cc2[nH]c(-c3cc(C(C)(C)C)no3)nc12.[H-].[Na+].